The normalized spacial score (nSPS) is 11.0. The highest BCUT2D eigenvalue weighted by Crippen LogP contribution is 2.26. The predicted octanol–water partition coefficient (Wildman–Crippen LogP) is 3.40. The molecule has 1 radical (unpaired) electrons. The lowest BCUT2D eigenvalue weighted by molar-refractivity contribution is 0.972. The van der Waals surface area contributed by atoms with Crippen LogP contribution < -0.4 is 4.42 Å². The molecule has 0 saturated carbocycles. The average molecular weight is 192 g/mol. The Kier molecular flexibility index (Phi) is 2.21. The van der Waals surface area contributed by atoms with E-state index in [0.29, 0.717) is 0 Å². The van der Waals surface area contributed by atoms with Crippen LogP contribution in [0.25, 0.3) is 10.8 Å². The van der Waals surface area contributed by atoms with E-state index in [2.05, 4.69) is 18.2 Å². The van der Waals surface area contributed by atoms with E-state index in [1.807, 2.05) is 31.3 Å². The van der Waals surface area contributed by atoms with Gasteiger partial charge in [-0.25, -0.2) is 0 Å². The smallest absolute Gasteiger partial charge is 0.0616 e. The lowest BCUT2D eigenvalue weighted by atomic mass is 10.1. The standard InChI is InChI=1S/C11H10ClN/c1-13(12)11-8-4-6-9-5-2-3-7-10(9)11/h2-8H,1H3/q+1. The first-order valence-electron chi connectivity index (χ1n) is 4.16. The summed E-state index contributed by atoms with van der Waals surface area (Å²) in [6, 6.07) is 14.3. The molecule has 2 aromatic rings. The monoisotopic (exact) mass is 191 g/mol. The van der Waals surface area contributed by atoms with Gasteiger partial charge >= 0.3 is 0 Å². The molecule has 0 aromatic heterocycles. The van der Waals surface area contributed by atoms with Crippen molar-refractivity contribution in [2.75, 3.05) is 7.05 Å². The maximum Gasteiger partial charge on any atom is 0.232 e. The highest BCUT2D eigenvalue weighted by molar-refractivity contribution is 6.19. The topological polar surface area (TPSA) is 5.90 Å². The Hall–Kier alpha value is -1.05. The number of hydrogen-bond donors (Lipinski definition) is 0. The van der Waals surface area contributed by atoms with Gasteiger partial charge in [0.1, 0.15) is 7.05 Å². The van der Waals surface area contributed by atoms with Crippen molar-refractivity contribution in [2.24, 2.45) is 0 Å². The number of halogens is 1. The number of fused-ring (bicyclic) bond motifs is 1. The Labute approximate surface area is 82.7 Å². The van der Waals surface area contributed by atoms with Crippen molar-refractivity contribution >= 4 is 28.2 Å². The van der Waals surface area contributed by atoms with Crippen molar-refractivity contribution < 1.29 is 0 Å². The molecule has 2 aromatic carbocycles. The fraction of sp³-hybridized carbons (Fsp3) is 0.0909. The minimum absolute atomic E-state index is 1.04. The van der Waals surface area contributed by atoms with E-state index in [4.69, 9.17) is 11.8 Å². The molecule has 0 fully saturated rings. The first kappa shape index (κ1) is 8.54. The van der Waals surface area contributed by atoms with E-state index < -0.39 is 0 Å². The molecule has 0 N–H and O–H groups in total. The maximum atomic E-state index is 5.92. The molecule has 0 amide bonds. The van der Waals surface area contributed by atoms with Crippen molar-refractivity contribution in [1.29, 1.82) is 0 Å². The molecule has 0 heterocycles. The summed E-state index contributed by atoms with van der Waals surface area (Å²) in [4.78, 5) is 0. The molecule has 2 rings (SSSR count). The summed E-state index contributed by atoms with van der Waals surface area (Å²) in [6.07, 6.45) is 0. The van der Waals surface area contributed by atoms with Gasteiger partial charge < -0.3 is 0 Å². The Morgan fingerprint density at radius 3 is 2.46 bits per heavy atom. The van der Waals surface area contributed by atoms with E-state index in [1.54, 1.807) is 4.42 Å². The van der Waals surface area contributed by atoms with Gasteiger partial charge in [-0.2, -0.15) is 0 Å². The Balaban J connectivity index is 2.76. The van der Waals surface area contributed by atoms with Crippen molar-refractivity contribution in [3.05, 3.63) is 42.5 Å². The van der Waals surface area contributed by atoms with Crippen molar-refractivity contribution in [2.45, 2.75) is 0 Å². The summed E-state index contributed by atoms with van der Waals surface area (Å²) in [5, 5.41) is 2.40. The quantitative estimate of drug-likeness (QED) is 0.610. The molecule has 0 bridgehead atoms. The molecule has 0 aliphatic heterocycles. The van der Waals surface area contributed by atoms with Gasteiger partial charge in [-0.15, -0.1) is 0 Å². The third-order valence-corrected chi connectivity index (χ3v) is 2.28. The van der Waals surface area contributed by atoms with E-state index in [9.17, 15) is 0 Å². The fourth-order valence-corrected chi connectivity index (χ4v) is 1.62. The van der Waals surface area contributed by atoms with Crippen LogP contribution in [0.1, 0.15) is 0 Å². The molecule has 1 nitrogen and oxygen atoms in total. The summed E-state index contributed by atoms with van der Waals surface area (Å²) in [5.74, 6) is 0. The van der Waals surface area contributed by atoms with Gasteiger partial charge in [0, 0.05) is 11.5 Å². The average Bonchev–Trinajstić information content (AvgIpc) is 2.17. The van der Waals surface area contributed by atoms with Gasteiger partial charge in [-0.05, 0) is 15.9 Å². The Morgan fingerprint density at radius 2 is 1.69 bits per heavy atom. The van der Waals surface area contributed by atoms with Crippen LogP contribution in [0.4, 0.5) is 5.69 Å². The summed E-state index contributed by atoms with van der Waals surface area (Å²) < 4.78 is 1.61. The van der Waals surface area contributed by atoms with Crippen LogP contribution in [0.2, 0.25) is 0 Å². The van der Waals surface area contributed by atoms with Crippen LogP contribution in [-0.2, 0) is 0 Å². The fourth-order valence-electron chi connectivity index (χ4n) is 1.48. The molecular weight excluding hydrogens is 182 g/mol. The van der Waals surface area contributed by atoms with Crippen LogP contribution in [0.15, 0.2) is 42.5 Å². The molecular formula is C11H10ClN+. The summed E-state index contributed by atoms with van der Waals surface area (Å²) in [7, 11) is 1.84. The number of anilines is 1. The third-order valence-electron chi connectivity index (χ3n) is 2.10. The first-order chi connectivity index (χ1) is 6.29. The minimum Gasteiger partial charge on any atom is -0.0616 e. The van der Waals surface area contributed by atoms with Gasteiger partial charge in [0.2, 0.25) is 17.5 Å². The summed E-state index contributed by atoms with van der Waals surface area (Å²) >= 11 is 5.92. The van der Waals surface area contributed by atoms with Crippen molar-refractivity contribution in [3.8, 4) is 0 Å². The number of benzene rings is 2. The number of rotatable bonds is 1. The van der Waals surface area contributed by atoms with Crippen LogP contribution >= 0.6 is 11.8 Å². The summed E-state index contributed by atoms with van der Waals surface area (Å²) in [5.41, 5.74) is 1.04. The minimum atomic E-state index is 1.04. The van der Waals surface area contributed by atoms with Gasteiger partial charge in [0.15, 0.2) is 0 Å². The molecule has 13 heavy (non-hydrogen) atoms. The van der Waals surface area contributed by atoms with Gasteiger partial charge in [-0.3, -0.25) is 0 Å². The molecule has 0 spiro atoms. The lowest BCUT2D eigenvalue weighted by Crippen LogP contribution is -2.02. The molecule has 0 atom stereocenters. The van der Waals surface area contributed by atoms with E-state index in [0.717, 1.165) is 5.69 Å². The Morgan fingerprint density at radius 1 is 1.00 bits per heavy atom. The van der Waals surface area contributed by atoms with E-state index >= 15 is 0 Å². The van der Waals surface area contributed by atoms with Crippen molar-refractivity contribution in [3.63, 3.8) is 0 Å². The second-order valence-electron chi connectivity index (χ2n) is 2.98. The molecule has 2 heteroatoms. The first-order valence-corrected chi connectivity index (χ1v) is 4.50. The van der Waals surface area contributed by atoms with Gasteiger partial charge in [0.05, 0.1) is 0 Å². The van der Waals surface area contributed by atoms with Gasteiger partial charge in [0.25, 0.3) is 0 Å². The largest absolute Gasteiger partial charge is 0.232 e. The van der Waals surface area contributed by atoms with Crippen molar-refractivity contribution in [1.82, 2.24) is 4.42 Å². The highest BCUT2D eigenvalue weighted by atomic mass is 35.5. The highest BCUT2D eigenvalue weighted by Gasteiger charge is 2.12. The lowest BCUT2D eigenvalue weighted by Gasteiger charge is -2.00. The zero-order valence-electron chi connectivity index (χ0n) is 7.37. The number of hydrogen-bond acceptors (Lipinski definition) is 1. The molecule has 0 aliphatic carbocycles. The zero-order valence-corrected chi connectivity index (χ0v) is 8.12. The molecule has 0 saturated heterocycles. The zero-order chi connectivity index (χ0) is 9.26. The second kappa shape index (κ2) is 3.36. The Bertz CT molecular complexity index is 418. The second-order valence-corrected chi connectivity index (χ2v) is 3.48. The van der Waals surface area contributed by atoms with Crippen LogP contribution in [0.5, 0.6) is 0 Å². The molecule has 0 aliphatic rings. The van der Waals surface area contributed by atoms with Crippen LogP contribution in [0.3, 0.4) is 0 Å². The van der Waals surface area contributed by atoms with Crippen LogP contribution in [-0.4, -0.2) is 7.05 Å². The molecule has 0 unspecified atom stereocenters. The van der Waals surface area contributed by atoms with Gasteiger partial charge in [-0.1, -0.05) is 30.3 Å². The number of nitrogens with zero attached hydrogens (tertiary/aromatic N) is 1. The van der Waals surface area contributed by atoms with E-state index in [-0.39, 0.29) is 0 Å². The van der Waals surface area contributed by atoms with E-state index in [1.165, 1.54) is 10.8 Å². The van der Waals surface area contributed by atoms with Crippen LogP contribution in [0, 0.1) is 0 Å². The third kappa shape index (κ3) is 1.53. The maximum absolute atomic E-state index is 5.92. The molecule has 65 valence electrons. The summed E-state index contributed by atoms with van der Waals surface area (Å²) in [6.45, 7) is 0. The predicted molar refractivity (Wildman–Crippen MR) is 57.5 cm³/mol. The SMILES string of the molecule is C[N+](Cl)c1cccc2ccccc12.